The average Bonchev–Trinajstić information content (AvgIpc) is 1.63. The van der Waals surface area contributed by atoms with Gasteiger partial charge in [0.25, 0.3) is 0 Å². The van der Waals surface area contributed by atoms with E-state index in [2.05, 4.69) is 5.73 Å². The molecule has 0 aromatic heterocycles. The third kappa shape index (κ3) is 7.31. The second-order valence-electron chi connectivity index (χ2n) is 1.48. The van der Waals surface area contributed by atoms with Gasteiger partial charge in [-0.1, -0.05) is 0 Å². The predicted molar refractivity (Wildman–Crippen MR) is 29.0 cm³/mol. The van der Waals surface area contributed by atoms with Crippen LogP contribution in [0.25, 0.3) is 0 Å². The van der Waals surface area contributed by atoms with Gasteiger partial charge >= 0.3 is 6.18 Å². The lowest BCUT2D eigenvalue weighted by Crippen LogP contribution is -2.03. The first kappa shape index (κ1) is 8.31. The first-order chi connectivity index (χ1) is 4.06. The van der Waals surface area contributed by atoms with Crippen molar-refractivity contribution in [2.75, 3.05) is 0 Å². The van der Waals surface area contributed by atoms with Crippen LogP contribution in [0.2, 0.25) is 0 Å². The normalized spacial score (nSPS) is 10.2. The zero-order valence-corrected chi connectivity index (χ0v) is 5.00. The molecule has 0 nitrogen and oxygen atoms in total. The molecule has 0 saturated carbocycles. The van der Waals surface area contributed by atoms with Crippen LogP contribution in [0.15, 0.2) is 17.9 Å². The fourth-order valence-corrected chi connectivity index (χ4v) is 0.293. The maximum atomic E-state index is 11.3. The molecule has 3 heteroatoms. The van der Waals surface area contributed by atoms with Gasteiger partial charge in [0.05, 0.1) is 6.42 Å². The summed E-state index contributed by atoms with van der Waals surface area (Å²) in [4.78, 5) is 0. The van der Waals surface area contributed by atoms with Crippen LogP contribution in [0.4, 0.5) is 13.2 Å². The summed E-state index contributed by atoms with van der Waals surface area (Å²) >= 11 is 0. The minimum absolute atomic E-state index is 0.892. The minimum Gasteiger partial charge on any atom is -0.171 e. The van der Waals surface area contributed by atoms with Crippen LogP contribution >= 0.6 is 0 Å². The van der Waals surface area contributed by atoms with E-state index in [1.54, 1.807) is 6.92 Å². The number of allylic oxidation sites excluding steroid dienone is 1. The van der Waals surface area contributed by atoms with Crippen molar-refractivity contribution < 1.29 is 13.2 Å². The fraction of sp³-hybridized carbons (Fsp3) is 0.500. The van der Waals surface area contributed by atoms with Crippen LogP contribution in [0.1, 0.15) is 13.3 Å². The lowest BCUT2D eigenvalue weighted by atomic mass is 10.4. The van der Waals surface area contributed by atoms with E-state index in [1.165, 1.54) is 6.08 Å². The summed E-state index contributed by atoms with van der Waals surface area (Å²) in [5, 5.41) is 0. The molecule has 52 valence electrons. The third-order valence-corrected chi connectivity index (χ3v) is 0.618. The number of rotatable bonds is 1. The molecule has 0 radical (unpaired) electrons. The molecule has 0 amide bonds. The van der Waals surface area contributed by atoms with Crippen molar-refractivity contribution in [1.82, 2.24) is 0 Å². The number of hydrogen-bond acceptors (Lipinski definition) is 0. The Kier molecular flexibility index (Phi) is 3.10. The first-order valence-electron chi connectivity index (χ1n) is 2.48. The van der Waals surface area contributed by atoms with Crippen molar-refractivity contribution in [1.29, 1.82) is 0 Å². The Morgan fingerprint density at radius 2 is 2.00 bits per heavy atom. The minimum atomic E-state index is -4.09. The van der Waals surface area contributed by atoms with Crippen LogP contribution in [0.5, 0.6) is 0 Å². The summed E-state index contributed by atoms with van der Waals surface area (Å²) in [5.74, 6) is 0. The van der Waals surface area contributed by atoms with Crippen LogP contribution in [0.3, 0.4) is 0 Å². The summed E-state index contributed by atoms with van der Waals surface area (Å²) in [5.41, 5.74) is 2.33. The fourth-order valence-electron chi connectivity index (χ4n) is 0.293. The molecular formula is C6H7F3. The maximum absolute atomic E-state index is 11.3. The Morgan fingerprint density at radius 3 is 2.33 bits per heavy atom. The van der Waals surface area contributed by atoms with Crippen molar-refractivity contribution in [2.24, 2.45) is 0 Å². The highest BCUT2D eigenvalue weighted by atomic mass is 19.4. The Bertz CT molecular complexity index is 126. The van der Waals surface area contributed by atoms with Crippen LogP contribution < -0.4 is 0 Å². The standard InChI is InChI=1S/C6H7F3/c1-2-3-4-5-6(7,8)9/h2,4H,5H2,1H3. The quantitative estimate of drug-likeness (QED) is 0.486. The van der Waals surface area contributed by atoms with E-state index in [1.807, 2.05) is 0 Å². The molecule has 0 N–H and O–H groups in total. The average molecular weight is 136 g/mol. The van der Waals surface area contributed by atoms with Crippen molar-refractivity contribution in [2.45, 2.75) is 19.5 Å². The summed E-state index contributed by atoms with van der Waals surface area (Å²) in [7, 11) is 0. The van der Waals surface area contributed by atoms with Gasteiger partial charge in [0.1, 0.15) is 0 Å². The van der Waals surface area contributed by atoms with Crippen molar-refractivity contribution in [3.63, 3.8) is 0 Å². The van der Waals surface area contributed by atoms with E-state index in [0.29, 0.717) is 0 Å². The Balaban J connectivity index is 3.64. The Morgan fingerprint density at radius 1 is 1.44 bits per heavy atom. The molecule has 0 aliphatic heterocycles. The summed E-state index contributed by atoms with van der Waals surface area (Å²) in [6.07, 6.45) is -2.58. The summed E-state index contributed by atoms with van der Waals surface area (Å²) in [6, 6.07) is 0. The van der Waals surface area contributed by atoms with E-state index < -0.39 is 12.6 Å². The number of halogens is 3. The van der Waals surface area contributed by atoms with E-state index in [4.69, 9.17) is 0 Å². The van der Waals surface area contributed by atoms with Gasteiger partial charge in [0.2, 0.25) is 0 Å². The first-order valence-corrected chi connectivity index (χ1v) is 2.48. The molecule has 9 heavy (non-hydrogen) atoms. The van der Waals surface area contributed by atoms with Crippen molar-refractivity contribution in [3.8, 4) is 0 Å². The highest BCUT2D eigenvalue weighted by molar-refractivity contribution is 4.83. The van der Waals surface area contributed by atoms with Gasteiger partial charge in [-0.2, -0.15) is 13.2 Å². The second kappa shape index (κ2) is 3.36. The number of alkyl halides is 3. The van der Waals surface area contributed by atoms with Crippen LogP contribution in [-0.2, 0) is 0 Å². The van der Waals surface area contributed by atoms with Gasteiger partial charge in [-0.05, 0) is 19.1 Å². The number of hydrogen-bond donors (Lipinski definition) is 0. The van der Waals surface area contributed by atoms with Crippen LogP contribution in [-0.4, -0.2) is 6.18 Å². The molecule has 0 heterocycles. The van der Waals surface area contributed by atoms with E-state index in [-0.39, 0.29) is 0 Å². The Labute approximate surface area is 51.7 Å². The highest BCUT2D eigenvalue weighted by Crippen LogP contribution is 2.19. The predicted octanol–water partition coefficient (Wildman–Crippen LogP) is 2.67. The van der Waals surface area contributed by atoms with E-state index >= 15 is 0 Å². The molecule has 0 unspecified atom stereocenters. The van der Waals surface area contributed by atoms with Crippen LogP contribution in [0, 0.1) is 0 Å². The molecule has 0 rings (SSSR count). The zero-order valence-electron chi connectivity index (χ0n) is 5.00. The third-order valence-electron chi connectivity index (χ3n) is 0.618. The molecule has 0 aromatic rings. The molecule has 0 fully saturated rings. The maximum Gasteiger partial charge on any atom is 0.393 e. The lowest BCUT2D eigenvalue weighted by Gasteiger charge is -1.97. The van der Waals surface area contributed by atoms with Gasteiger partial charge in [-0.15, -0.1) is 5.73 Å². The molecule has 0 aliphatic rings. The summed E-state index contributed by atoms with van der Waals surface area (Å²) in [6.45, 7) is 1.62. The highest BCUT2D eigenvalue weighted by Gasteiger charge is 2.24. The molecule has 0 aromatic carbocycles. The van der Waals surface area contributed by atoms with Gasteiger partial charge in [-0.3, -0.25) is 0 Å². The second-order valence-corrected chi connectivity index (χ2v) is 1.48. The zero-order chi connectivity index (χ0) is 7.33. The van der Waals surface area contributed by atoms with E-state index in [0.717, 1.165) is 6.08 Å². The summed E-state index contributed by atoms with van der Waals surface area (Å²) < 4.78 is 33.9. The smallest absolute Gasteiger partial charge is 0.171 e. The van der Waals surface area contributed by atoms with Gasteiger partial charge in [0.15, 0.2) is 0 Å². The van der Waals surface area contributed by atoms with Crippen molar-refractivity contribution in [3.05, 3.63) is 17.9 Å². The van der Waals surface area contributed by atoms with Gasteiger partial charge in [-0.25, -0.2) is 0 Å². The van der Waals surface area contributed by atoms with E-state index in [9.17, 15) is 13.2 Å². The SMILES string of the molecule is CC=C=CCC(F)(F)F. The van der Waals surface area contributed by atoms with Gasteiger partial charge in [0, 0.05) is 0 Å². The molecule has 0 bridgehead atoms. The molecule has 0 aliphatic carbocycles. The monoisotopic (exact) mass is 136 g/mol. The molecule has 0 atom stereocenters. The molecule has 0 saturated heterocycles. The topological polar surface area (TPSA) is 0 Å². The largest absolute Gasteiger partial charge is 0.393 e. The lowest BCUT2D eigenvalue weighted by molar-refractivity contribution is -0.124. The van der Waals surface area contributed by atoms with Gasteiger partial charge < -0.3 is 0 Å². The van der Waals surface area contributed by atoms with Crippen molar-refractivity contribution >= 4 is 0 Å². The molecule has 0 spiro atoms. The Hall–Kier alpha value is -0.690. The molecular weight excluding hydrogens is 129 g/mol.